The summed E-state index contributed by atoms with van der Waals surface area (Å²) < 4.78 is 0. The number of aromatic hydroxyl groups is 1. The number of para-hydroxylation sites is 1. The molecule has 0 spiro atoms. The molecule has 0 aromatic heterocycles. The molecule has 0 amide bonds. The summed E-state index contributed by atoms with van der Waals surface area (Å²) in [6, 6.07) is 16.8. The van der Waals surface area contributed by atoms with Crippen molar-refractivity contribution in [3.8, 4) is 5.75 Å². The Morgan fingerprint density at radius 1 is 0.900 bits per heavy atom. The van der Waals surface area contributed by atoms with E-state index in [2.05, 4.69) is 43.4 Å². The SMILES string of the molecule is C[Si](C)([N-]c1ccccc1)c1cccc(C23CC4CC(CC(C4)C2)C3)c1O.[Cl][Ti][Cl]. The van der Waals surface area contributed by atoms with Crippen LogP contribution in [-0.4, -0.2) is 13.3 Å². The van der Waals surface area contributed by atoms with Gasteiger partial charge in [0.2, 0.25) is 0 Å². The predicted molar refractivity (Wildman–Crippen MR) is 126 cm³/mol. The molecular formula is C24H30Cl2NOSiTi-. The molecule has 4 aliphatic rings. The maximum atomic E-state index is 11.4. The molecule has 1 N–H and O–H groups in total. The van der Waals surface area contributed by atoms with E-state index < -0.39 is 25.3 Å². The Balaban J connectivity index is 0.000000687. The molecule has 160 valence electrons. The minimum atomic E-state index is -2.14. The average Bonchev–Trinajstić information content (AvgIpc) is 2.68. The Hall–Kier alpha value is -0.449. The summed E-state index contributed by atoms with van der Waals surface area (Å²) in [7, 11) is 7.64. The number of rotatable bonds is 4. The van der Waals surface area contributed by atoms with Gasteiger partial charge in [-0.05, 0) is 80.7 Å². The molecule has 0 radical (unpaired) electrons. The van der Waals surface area contributed by atoms with E-state index in [4.69, 9.17) is 23.6 Å². The van der Waals surface area contributed by atoms with Crippen molar-refractivity contribution in [2.75, 3.05) is 0 Å². The van der Waals surface area contributed by atoms with E-state index >= 15 is 0 Å². The van der Waals surface area contributed by atoms with Crippen molar-refractivity contribution < 1.29 is 22.1 Å². The van der Waals surface area contributed by atoms with Gasteiger partial charge in [0.25, 0.3) is 0 Å². The van der Waals surface area contributed by atoms with Gasteiger partial charge < -0.3 is 10.1 Å². The van der Waals surface area contributed by atoms with Crippen LogP contribution >= 0.6 is 18.6 Å². The van der Waals surface area contributed by atoms with Gasteiger partial charge in [0.1, 0.15) is 5.75 Å². The van der Waals surface area contributed by atoms with Crippen molar-refractivity contribution in [3.05, 3.63) is 59.1 Å². The molecule has 2 aromatic carbocycles. The molecule has 30 heavy (non-hydrogen) atoms. The first-order valence-electron chi connectivity index (χ1n) is 10.9. The molecule has 0 saturated heterocycles. The monoisotopic (exact) mass is 494 g/mol. The Morgan fingerprint density at radius 2 is 1.43 bits per heavy atom. The summed E-state index contributed by atoms with van der Waals surface area (Å²) in [5.74, 6) is 3.23. The normalized spacial score (nSPS) is 29.1. The van der Waals surface area contributed by atoms with Crippen LogP contribution < -0.4 is 5.19 Å². The first-order valence-corrected chi connectivity index (χ1v) is 18.2. The molecule has 0 heterocycles. The molecule has 0 unspecified atom stereocenters. The maximum absolute atomic E-state index is 11.4. The summed E-state index contributed by atoms with van der Waals surface area (Å²) in [4.78, 5) is 5.09. The second kappa shape index (κ2) is 9.19. The van der Waals surface area contributed by atoms with Gasteiger partial charge in [-0.2, -0.15) is 0 Å². The third-order valence-electron chi connectivity index (χ3n) is 7.47. The van der Waals surface area contributed by atoms with Crippen molar-refractivity contribution >= 4 is 37.7 Å². The van der Waals surface area contributed by atoms with Crippen LogP contribution in [0.1, 0.15) is 44.1 Å². The molecule has 4 aliphatic carbocycles. The molecule has 4 saturated carbocycles. The zero-order valence-electron chi connectivity index (χ0n) is 17.7. The van der Waals surface area contributed by atoms with Gasteiger partial charge in [-0.25, -0.2) is 0 Å². The van der Waals surface area contributed by atoms with Gasteiger partial charge in [-0.15, -0.1) is 5.69 Å². The molecule has 6 heteroatoms. The van der Waals surface area contributed by atoms with Crippen LogP contribution in [0.4, 0.5) is 5.69 Å². The summed E-state index contributed by atoms with van der Waals surface area (Å²) in [5.41, 5.74) is 2.49. The van der Waals surface area contributed by atoms with Crippen molar-refractivity contribution in [3.63, 3.8) is 0 Å². The van der Waals surface area contributed by atoms with Crippen LogP contribution in [0.15, 0.2) is 48.5 Å². The quantitative estimate of drug-likeness (QED) is 0.442. The molecule has 4 fully saturated rings. The first-order chi connectivity index (χ1) is 14.4. The van der Waals surface area contributed by atoms with E-state index in [-0.39, 0.29) is 5.41 Å². The fourth-order valence-electron chi connectivity index (χ4n) is 6.79. The summed E-state index contributed by atoms with van der Waals surface area (Å²) in [6.45, 7) is 4.50. The van der Waals surface area contributed by atoms with Crippen LogP contribution in [0.5, 0.6) is 5.75 Å². The Morgan fingerprint density at radius 3 is 1.97 bits per heavy atom. The second-order valence-corrected chi connectivity index (χ2v) is 16.4. The zero-order chi connectivity index (χ0) is 21.4. The van der Waals surface area contributed by atoms with Gasteiger partial charge in [0.15, 0.2) is 0 Å². The van der Waals surface area contributed by atoms with Crippen LogP contribution in [0.3, 0.4) is 0 Å². The van der Waals surface area contributed by atoms with E-state index in [1.54, 1.807) is 0 Å². The number of phenolic OH excluding ortho intramolecular Hbond substituents is 1. The van der Waals surface area contributed by atoms with Crippen LogP contribution in [0, 0.1) is 17.8 Å². The van der Waals surface area contributed by atoms with Crippen molar-refractivity contribution in [2.24, 2.45) is 17.8 Å². The summed E-state index contributed by atoms with van der Waals surface area (Å²) in [5, 5.41) is 12.5. The van der Waals surface area contributed by atoms with Gasteiger partial charge in [0.05, 0.1) is 0 Å². The first kappa shape index (κ1) is 22.7. The Labute approximate surface area is 198 Å². The van der Waals surface area contributed by atoms with E-state index in [9.17, 15) is 5.11 Å². The zero-order valence-corrected chi connectivity index (χ0v) is 21.8. The topological polar surface area (TPSA) is 34.3 Å². The molecule has 6 rings (SSSR count). The fraction of sp³-hybridized carbons (Fsp3) is 0.500. The second-order valence-electron chi connectivity index (χ2n) is 9.98. The standard InChI is InChI=1S/C24H30NOSi.2ClH.Ti/c1-27(2,25-20-7-4-3-5-8-20)22-10-6-9-21(23(22)26)24-14-17-11-18(15-24)13-19(12-17)16-24;;;/h3-10,17-19,26H,11-16H2,1-2H3;2*1H;/q-1;;;+2/p-2. The summed E-state index contributed by atoms with van der Waals surface area (Å²) >= 11 is -0.556. The van der Waals surface area contributed by atoms with Gasteiger partial charge >= 0.3 is 35.6 Å². The molecule has 2 nitrogen and oxygen atoms in total. The van der Waals surface area contributed by atoms with E-state index in [0.29, 0.717) is 5.75 Å². The fourth-order valence-corrected chi connectivity index (χ4v) is 8.92. The van der Waals surface area contributed by atoms with Crippen LogP contribution in [0.2, 0.25) is 13.1 Å². The van der Waals surface area contributed by atoms with Crippen LogP contribution in [-0.2, 0) is 22.4 Å². The molecular weight excluding hydrogens is 465 g/mol. The van der Waals surface area contributed by atoms with E-state index in [1.165, 1.54) is 44.1 Å². The van der Waals surface area contributed by atoms with Crippen molar-refractivity contribution in [2.45, 2.75) is 57.0 Å². The van der Waals surface area contributed by atoms with Crippen molar-refractivity contribution in [1.29, 1.82) is 0 Å². The molecule has 2 aromatic rings. The molecule has 0 atom stereocenters. The average molecular weight is 495 g/mol. The van der Waals surface area contributed by atoms with Gasteiger partial charge in [0, 0.05) is 0 Å². The predicted octanol–water partition coefficient (Wildman–Crippen LogP) is 7.35. The Kier molecular flexibility index (Phi) is 6.97. The van der Waals surface area contributed by atoms with E-state index in [1.807, 2.05) is 18.2 Å². The number of hydrogen-bond acceptors (Lipinski definition) is 1. The summed E-state index contributed by atoms with van der Waals surface area (Å²) in [6.07, 6.45) is 8.16. The van der Waals surface area contributed by atoms with Crippen molar-refractivity contribution in [1.82, 2.24) is 0 Å². The van der Waals surface area contributed by atoms with E-state index in [0.717, 1.165) is 28.6 Å². The third-order valence-corrected chi connectivity index (χ3v) is 10.0. The minimum absolute atomic E-state index is 0.228. The number of halogens is 2. The number of phenols is 1. The Bertz CT molecular complexity index is 841. The molecule has 4 bridgehead atoms. The third kappa shape index (κ3) is 4.52. The molecule has 0 aliphatic heterocycles. The van der Waals surface area contributed by atoms with Crippen LogP contribution in [0.25, 0.3) is 4.98 Å². The number of nitrogens with zero attached hydrogens (tertiary/aromatic N) is 1. The van der Waals surface area contributed by atoms with Gasteiger partial charge in [-0.3, -0.25) is 0 Å². The number of hydrogen-bond donors (Lipinski definition) is 1. The number of benzene rings is 2. The van der Waals surface area contributed by atoms with Gasteiger partial charge in [-0.1, -0.05) is 61.6 Å².